The number of hydrogen-bond donors (Lipinski definition) is 0. The standard InChI is InChI=1S/C27H22ClNO4/c1-15-11-16(2)25-21(12-15)24(30)22-23(18-5-4-6-19(28)13-18)29(27(31)26(22)33-25)14-17-7-9-20(32-3)10-8-17/h4-13,23H,14H2,1-3H3. The van der Waals surface area contributed by atoms with Crippen molar-refractivity contribution in [3.63, 3.8) is 0 Å². The number of rotatable bonds is 4. The van der Waals surface area contributed by atoms with Crippen LogP contribution < -0.4 is 10.2 Å². The number of amides is 1. The third-order valence-electron chi connectivity index (χ3n) is 6.07. The number of nitrogens with zero attached hydrogens (tertiary/aromatic N) is 1. The summed E-state index contributed by atoms with van der Waals surface area (Å²) in [6.07, 6.45) is 0. The van der Waals surface area contributed by atoms with Gasteiger partial charge in [-0.2, -0.15) is 0 Å². The average Bonchev–Trinajstić information content (AvgIpc) is 3.07. The van der Waals surface area contributed by atoms with Crippen LogP contribution in [0.4, 0.5) is 0 Å². The van der Waals surface area contributed by atoms with Gasteiger partial charge in [-0.3, -0.25) is 9.59 Å². The summed E-state index contributed by atoms with van der Waals surface area (Å²) in [5, 5.41) is 1.02. The molecular formula is C27H22ClNO4. The highest BCUT2D eigenvalue weighted by atomic mass is 35.5. The van der Waals surface area contributed by atoms with Crippen molar-refractivity contribution >= 4 is 28.5 Å². The van der Waals surface area contributed by atoms with Crippen molar-refractivity contribution in [2.45, 2.75) is 26.4 Å². The summed E-state index contributed by atoms with van der Waals surface area (Å²) in [6.45, 7) is 4.13. The first-order valence-electron chi connectivity index (χ1n) is 10.6. The van der Waals surface area contributed by atoms with Gasteiger partial charge in [0.15, 0.2) is 5.43 Å². The lowest BCUT2D eigenvalue weighted by Gasteiger charge is -2.25. The molecule has 0 spiro atoms. The van der Waals surface area contributed by atoms with Crippen LogP contribution >= 0.6 is 11.6 Å². The molecule has 5 nitrogen and oxygen atoms in total. The van der Waals surface area contributed by atoms with Gasteiger partial charge in [0.05, 0.1) is 24.1 Å². The number of aryl methyl sites for hydroxylation is 2. The second-order valence-electron chi connectivity index (χ2n) is 8.37. The van der Waals surface area contributed by atoms with Crippen molar-refractivity contribution in [2.24, 2.45) is 0 Å². The van der Waals surface area contributed by atoms with Gasteiger partial charge in [-0.25, -0.2) is 0 Å². The molecule has 0 saturated carbocycles. The predicted octanol–water partition coefficient (Wildman–Crippen LogP) is 5.82. The van der Waals surface area contributed by atoms with Crippen LogP contribution in [0.25, 0.3) is 11.0 Å². The Balaban J connectivity index is 1.72. The maximum Gasteiger partial charge on any atom is 0.291 e. The Kier molecular flexibility index (Phi) is 5.22. The lowest BCUT2D eigenvalue weighted by atomic mass is 9.97. The van der Waals surface area contributed by atoms with Gasteiger partial charge in [0.25, 0.3) is 5.91 Å². The van der Waals surface area contributed by atoms with Gasteiger partial charge in [-0.15, -0.1) is 0 Å². The van der Waals surface area contributed by atoms with Crippen LogP contribution in [0.3, 0.4) is 0 Å². The number of fused-ring (bicyclic) bond motifs is 2. The van der Waals surface area contributed by atoms with E-state index in [2.05, 4.69) is 0 Å². The second-order valence-corrected chi connectivity index (χ2v) is 8.81. The molecule has 1 amide bonds. The lowest BCUT2D eigenvalue weighted by Crippen LogP contribution is -2.29. The first kappa shape index (κ1) is 21.3. The maximum atomic E-state index is 13.7. The van der Waals surface area contributed by atoms with Gasteiger partial charge < -0.3 is 14.1 Å². The zero-order valence-electron chi connectivity index (χ0n) is 18.5. The Morgan fingerprint density at radius 1 is 1.03 bits per heavy atom. The van der Waals surface area contributed by atoms with Crippen LogP contribution in [-0.4, -0.2) is 17.9 Å². The summed E-state index contributed by atoms with van der Waals surface area (Å²) in [5.74, 6) is 0.512. The highest BCUT2D eigenvalue weighted by Crippen LogP contribution is 2.40. The van der Waals surface area contributed by atoms with E-state index < -0.39 is 6.04 Å². The van der Waals surface area contributed by atoms with Gasteiger partial charge in [0.2, 0.25) is 5.76 Å². The van der Waals surface area contributed by atoms with Crippen LogP contribution in [0.5, 0.6) is 5.75 Å². The fourth-order valence-electron chi connectivity index (χ4n) is 4.59. The Morgan fingerprint density at radius 2 is 1.79 bits per heavy atom. The molecule has 0 N–H and O–H groups in total. The molecule has 2 heterocycles. The van der Waals surface area contributed by atoms with E-state index in [0.29, 0.717) is 28.1 Å². The van der Waals surface area contributed by atoms with Crippen LogP contribution in [-0.2, 0) is 6.54 Å². The van der Waals surface area contributed by atoms with Crippen LogP contribution in [0, 0.1) is 13.8 Å². The fourth-order valence-corrected chi connectivity index (χ4v) is 4.79. The SMILES string of the molecule is COc1ccc(CN2C(=O)c3oc4c(C)cc(C)cc4c(=O)c3C2c2cccc(Cl)c2)cc1. The summed E-state index contributed by atoms with van der Waals surface area (Å²) < 4.78 is 11.4. The number of ether oxygens (including phenoxy) is 1. The zero-order valence-corrected chi connectivity index (χ0v) is 19.3. The fraction of sp³-hybridized carbons (Fsp3) is 0.185. The molecule has 0 bridgehead atoms. The number of carbonyl (C=O) groups is 1. The molecule has 5 rings (SSSR count). The largest absolute Gasteiger partial charge is 0.497 e. The Bertz CT molecular complexity index is 1460. The Labute approximate surface area is 196 Å². The number of halogens is 1. The number of hydrogen-bond acceptors (Lipinski definition) is 4. The molecule has 166 valence electrons. The van der Waals surface area contributed by atoms with E-state index in [0.717, 1.165) is 28.0 Å². The van der Waals surface area contributed by atoms with E-state index in [4.69, 9.17) is 20.8 Å². The molecule has 0 aliphatic carbocycles. The Morgan fingerprint density at radius 3 is 2.48 bits per heavy atom. The topological polar surface area (TPSA) is 59.8 Å². The van der Waals surface area contributed by atoms with Gasteiger partial charge in [0.1, 0.15) is 11.3 Å². The molecule has 6 heteroatoms. The van der Waals surface area contributed by atoms with E-state index in [1.807, 2.05) is 62.4 Å². The molecule has 3 aromatic carbocycles. The summed E-state index contributed by atoms with van der Waals surface area (Å²) in [4.78, 5) is 29.0. The second kappa shape index (κ2) is 8.09. The molecule has 1 atom stereocenters. The minimum absolute atomic E-state index is 0.0953. The van der Waals surface area contributed by atoms with Crippen molar-refractivity contribution in [1.29, 1.82) is 0 Å². The Hall–Kier alpha value is -3.57. The van der Waals surface area contributed by atoms with Crippen molar-refractivity contribution < 1.29 is 13.9 Å². The molecular weight excluding hydrogens is 438 g/mol. The molecule has 1 aliphatic heterocycles. The van der Waals surface area contributed by atoms with E-state index in [9.17, 15) is 9.59 Å². The molecule has 1 aromatic heterocycles. The minimum atomic E-state index is -0.602. The van der Waals surface area contributed by atoms with Gasteiger partial charge >= 0.3 is 0 Å². The molecule has 0 fully saturated rings. The molecule has 33 heavy (non-hydrogen) atoms. The zero-order chi connectivity index (χ0) is 23.3. The summed E-state index contributed by atoms with van der Waals surface area (Å²) in [7, 11) is 1.61. The van der Waals surface area contributed by atoms with Crippen molar-refractivity contribution in [3.8, 4) is 5.75 Å². The monoisotopic (exact) mass is 459 g/mol. The highest BCUT2D eigenvalue weighted by Gasteiger charge is 2.42. The van der Waals surface area contributed by atoms with E-state index >= 15 is 0 Å². The summed E-state index contributed by atoms with van der Waals surface area (Å²) in [6, 6.07) is 17.9. The normalized spacial score (nSPS) is 15.2. The molecule has 1 unspecified atom stereocenters. The van der Waals surface area contributed by atoms with E-state index in [-0.39, 0.29) is 17.1 Å². The first-order valence-corrected chi connectivity index (χ1v) is 11.0. The minimum Gasteiger partial charge on any atom is -0.497 e. The average molecular weight is 460 g/mol. The number of methoxy groups -OCH3 is 1. The summed E-state index contributed by atoms with van der Waals surface area (Å²) >= 11 is 6.29. The molecule has 4 aromatic rings. The quantitative estimate of drug-likeness (QED) is 0.386. The molecule has 1 aliphatic rings. The smallest absolute Gasteiger partial charge is 0.291 e. The van der Waals surface area contributed by atoms with Crippen LogP contribution in [0.2, 0.25) is 5.02 Å². The van der Waals surface area contributed by atoms with Gasteiger partial charge in [-0.05, 0) is 66.4 Å². The third kappa shape index (κ3) is 3.58. The van der Waals surface area contributed by atoms with E-state index in [1.54, 1.807) is 24.1 Å². The molecule has 0 saturated heterocycles. The number of benzene rings is 3. The molecule has 0 radical (unpaired) electrons. The van der Waals surface area contributed by atoms with Gasteiger partial charge in [-0.1, -0.05) is 41.9 Å². The van der Waals surface area contributed by atoms with Crippen LogP contribution in [0.15, 0.2) is 69.9 Å². The summed E-state index contributed by atoms with van der Waals surface area (Å²) in [5.41, 5.74) is 4.08. The van der Waals surface area contributed by atoms with Crippen molar-refractivity contribution in [3.05, 3.63) is 109 Å². The van der Waals surface area contributed by atoms with Crippen LogP contribution in [0.1, 0.15) is 44.4 Å². The van der Waals surface area contributed by atoms with E-state index in [1.165, 1.54) is 0 Å². The van der Waals surface area contributed by atoms with Gasteiger partial charge in [0, 0.05) is 11.6 Å². The maximum absolute atomic E-state index is 13.7. The van der Waals surface area contributed by atoms with Crippen molar-refractivity contribution in [1.82, 2.24) is 4.90 Å². The van der Waals surface area contributed by atoms with Crippen molar-refractivity contribution in [2.75, 3.05) is 7.11 Å². The third-order valence-corrected chi connectivity index (χ3v) is 6.31. The number of carbonyl (C=O) groups excluding carboxylic acids is 1. The lowest BCUT2D eigenvalue weighted by molar-refractivity contribution is 0.0714. The highest BCUT2D eigenvalue weighted by molar-refractivity contribution is 6.30. The first-order chi connectivity index (χ1) is 15.9. The predicted molar refractivity (Wildman–Crippen MR) is 128 cm³/mol.